The lowest BCUT2D eigenvalue weighted by Gasteiger charge is -2.26. The summed E-state index contributed by atoms with van der Waals surface area (Å²) in [4.78, 5) is 14.5. The van der Waals surface area contributed by atoms with Crippen LogP contribution in [0.2, 0.25) is 0 Å². The van der Waals surface area contributed by atoms with Crippen LogP contribution in [0.25, 0.3) is 0 Å². The summed E-state index contributed by atoms with van der Waals surface area (Å²) in [6.45, 7) is 6.04. The molecule has 3 rings (SSSR count). The van der Waals surface area contributed by atoms with Crippen molar-refractivity contribution in [1.29, 1.82) is 0 Å². The van der Waals surface area contributed by atoms with Crippen LogP contribution in [0.4, 0.5) is 0 Å². The van der Waals surface area contributed by atoms with Gasteiger partial charge >= 0.3 is 4.87 Å². The van der Waals surface area contributed by atoms with Gasteiger partial charge in [0.2, 0.25) is 0 Å². The van der Waals surface area contributed by atoms with Gasteiger partial charge in [-0.2, -0.15) is 0 Å². The Labute approximate surface area is 152 Å². The summed E-state index contributed by atoms with van der Waals surface area (Å²) in [5.41, 5.74) is 2.20. The van der Waals surface area contributed by atoms with Crippen molar-refractivity contribution in [1.82, 2.24) is 9.47 Å². The highest BCUT2D eigenvalue weighted by molar-refractivity contribution is 7.07. The first-order valence-corrected chi connectivity index (χ1v) is 9.66. The SMILES string of the molecule is COc1ccccc1CN(CCn1c(C)csc1=O)C[C@H]1CCCO1. The topological polar surface area (TPSA) is 43.7 Å². The average molecular weight is 362 g/mol. The molecule has 0 aliphatic carbocycles. The van der Waals surface area contributed by atoms with E-state index in [0.717, 1.165) is 56.1 Å². The van der Waals surface area contributed by atoms with Crippen LogP contribution in [0, 0.1) is 6.92 Å². The highest BCUT2D eigenvalue weighted by Crippen LogP contribution is 2.21. The lowest BCUT2D eigenvalue weighted by atomic mass is 10.1. The molecule has 0 bridgehead atoms. The van der Waals surface area contributed by atoms with Crippen LogP contribution in [-0.2, 0) is 17.8 Å². The predicted octanol–water partition coefficient (Wildman–Crippen LogP) is 2.91. The van der Waals surface area contributed by atoms with Gasteiger partial charge in [-0.05, 0) is 25.8 Å². The van der Waals surface area contributed by atoms with Crippen molar-refractivity contribution in [2.45, 2.75) is 39.0 Å². The molecule has 5 nitrogen and oxygen atoms in total. The molecule has 136 valence electrons. The van der Waals surface area contributed by atoms with Crippen molar-refractivity contribution in [3.05, 3.63) is 50.6 Å². The highest BCUT2D eigenvalue weighted by Gasteiger charge is 2.20. The number of nitrogens with zero attached hydrogens (tertiary/aromatic N) is 2. The van der Waals surface area contributed by atoms with E-state index in [9.17, 15) is 4.79 Å². The molecule has 0 amide bonds. The number of benzene rings is 1. The minimum absolute atomic E-state index is 0.117. The van der Waals surface area contributed by atoms with Crippen LogP contribution in [0.1, 0.15) is 24.1 Å². The van der Waals surface area contributed by atoms with E-state index >= 15 is 0 Å². The lowest BCUT2D eigenvalue weighted by molar-refractivity contribution is 0.0689. The summed E-state index contributed by atoms with van der Waals surface area (Å²) >= 11 is 1.27. The number of thiazole rings is 1. The molecular weight excluding hydrogens is 336 g/mol. The number of rotatable bonds is 8. The van der Waals surface area contributed by atoms with Gasteiger partial charge in [-0.15, -0.1) is 0 Å². The van der Waals surface area contributed by atoms with Crippen molar-refractivity contribution in [3.8, 4) is 5.75 Å². The molecule has 0 radical (unpaired) electrons. The Hall–Kier alpha value is -1.63. The molecule has 1 aliphatic rings. The summed E-state index contributed by atoms with van der Waals surface area (Å²) in [5.74, 6) is 0.906. The number of para-hydroxylation sites is 1. The second-order valence-corrected chi connectivity index (χ2v) is 7.30. The summed E-state index contributed by atoms with van der Waals surface area (Å²) in [5, 5.41) is 1.92. The molecule has 1 aliphatic heterocycles. The van der Waals surface area contributed by atoms with Crippen molar-refractivity contribution < 1.29 is 9.47 Å². The summed E-state index contributed by atoms with van der Waals surface area (Å²) in [6.07, 6.45) is 2.53. The van der Waals surface area contributed by atoms with E-state index in [-0.39, 0.29) is 11.0 Å². The van der Waals surface area contributed by atoms with Gasteiger partial charge in [-0.3, -0.25) is 9.69 Å². The number of ether oxygens (including phenoxy) is 2. The van der Waals surface area contributed by atoms with E-state index in [2.05, 4.69) is 11.0 Å². The Morgan fingerprint density at radius 2 is 2.24 bits per heavy atom. The van der Waals surface area contributed by atoms with E-state index in [1.54, 1.807) is 7.11 Å². The number of hydrogen-bond donors (Lipinski definition) is 0. The van der Waals surface area contributed by atoms with Crippen molar-refractivity contribution >= 4 is 11.3 Å². The second kappa shape index (κ2) is 8.65. The molecule has 0 saturated carbocycles. The smallest absolute Gasteiger partial charge is 0.307 e. The van der Waals surface area contributed by atoms with Crippen LogP contribution >= 0.6 is 11.3 Å². The maximum Gasteiger partial charge on any atom is 0.307 e. The molecule has 0 N–H and O–H groups in total. The molecule has 0 spiro atoms. The molecule has 2 heterocycles. The fourth-order valence-corrected chi connectivity index (χ4v) is 4.06. The first-order valence-electron chi connectivity index (χ1n) is 8.78. The molecule has 1 saturated heterocycles. The maximum atomic E-state index is 12.0. The van der Waals surface area contributed by atoms with Gasteiger partial charge in [0.25, 0.3) is 0 Å². The van der Waals surface area contributed by atoms with Crippen molar-refractivity contribution in [2.75, 3.05) is 26.8 Å². The van der Waals surface area contributed by atoms with Crippen LogP contribution in [-0.4, -0.2) is 42.4 Å². The van der Waals surface area contributed by atoms with Crippen molar-refractivity contribution in [2.24, 2.45) is 0 Å². The molecule has 6 heteroatoms. The van der Waals surface area contributed by atoms with E-state index in [1.807, 2.05) is 35.1 Å². The zero-order valence-corrected chi connectivity index (χ0v) is 15.8. The van der Waals surface area contributed by atoms with E-state index in [4.69, 9.17) is 9.47 Å². The summed E-state index contributed by atoms with van der Waals surface area (Å²) < 4.78 is 13.2. The van der Waals surface area contributed by atoms with Gasteiger partial charge in [-0.1, -0.05) is 29.5 Å². The average Bonchev–Trinajstić information content (AvgIpc) is 3.24. The Bertz CT molecular complexity index is 734. The fourth-order valence-electron chi connectivity index (χ4n) is 3.30. The monoisotopic (exact) mass is 362 g/mol. The fraction of sp³-hybridized carbons (Fsp3) is 0.526. The summed E-state index contributed by atoms with van der Waals surface area (Å²) in [7, 11) is 1.71. The quantitative estimate of drug-likeness (QED) is 0.724. The van der Waals surface area contributed by atoms with Crippen molar-refractivity contribution in [3.63, 3.8) is 0 Å². The number of methoxy groups -OCH3 is 1. The molecule has 1 fully saturated rings. The number of aryl methyl sites for hydroxylation is 1. The Morgan fingerprint density at radius 1 is 1.40 bits per heavy atom. The molecular formula is C19H26N2O3S. The highest BCUT2D eigenvalue weighted by atomic mass is 32.1. The first-order chi connectivity index (χ1) is 12.2. The predicted molar refractivity (Wildman–Crippen MR) is 101 cm³/mol. The Morgan fingerprint density at radius 3 is 2.92 bits per heavy atom. The van der Waals surface area contributed by atoms with Gasteiger partial charge < -0.3 is 14.0 Å². The lowest BCUT2D eigenvalue weighted by Crippen LogP contribution is -2.35. The van der Waals surface area contributed by atoms with E-state index in [1.165, 1.54) is 11.3 Å². The Balaban J connectivity index is 1.71. The van der Waals surface area contributed by atoms with Gasteiger partial charge in [0, 0.05) is 49.4 Å². The first kappa shape index (κ1) is 18.2. The van der Waals surface area contributed by atoms with Crippen LogP contribution < -0.4 is 9.61 Å². The third kappa shape index (κ3) is 4.71. The van der Waals surface area contributed by atoms with Gasteiger partial charge in [-0.25, -0.2) is 0 Å². The molecule has 1 aromatic carbocycles. The molecule has 1 aromatic heterocycles. The largest absolute Gasteiger partial charge is 0.496 e. The maximum absolute atomic E-state index is 12.0. The molecule has 0 unspecified atom stereocenters. The Kier molecular flexibility index (Phi) is 6.29. The minimum Gasteiger partial charge on any atom is -0.496 e. The normalized spacial score (nSPS) is 17.3. The molecule has 25 heavy (non-hydrogen) atoms. The second-order valence-electron chi connectivity index (χ2n) is 6.48. The third-order valence-corrected chi connectivity index (χ3v) is 5.57. The van der Waals surface area contributed by atoms with Crippen LogP contribution in [0.5, 0.6) is 5.75 Å². The van der Waals surface area contributed by atoms with E-state index in [0.29, 0.717) is 6.54 Å². The number of aromatic nitrogens is 1. The van der Waals surface area contributed by atoms with Gasteiger partial charge in [0.05, 0.1) is 13.2 Å². The minimum atomic E-state index is 0.117. The molecule has 2 aromatic rings. The molecule has 1 atom stereocenters. The van der Waals surface area contributed by atoms with Crippen LogP contribution in [0.3, 0.4) is 0 Å². The van der Waals surface area contributed by atoms with Crippen LogP contribution in [0.15, 0.2) is 34.4 Å². The van der Waals surface area contributed by atoms with Gasteiger partial charge in [0.1, 0.15) is 5.75 Å². The number of hydrogen-bond acceptors (Lipinski definition) is 5. The third-order valence-electron chi connectivity index (χ3n) is 4.69. The van der Waals surface area contributed by atoms with Gasteiger partial charge in [0.15, 0.2) is 0 Å². The standard InChI is InChI=1S/C19H26N2O3S/c1-15-14-25-19(22)21(15)10-9-20(13-17-7-5-11-24-17)12-16-6-3-4-8-18(16)23-2/h3-4,6,8,14,17H,5,7,9-13H2,1-2H3/t17-/m1/s1. The zero-order chi connectivity index (χ0) is 17.6. The van der Waals surface area contributed by atoms with E-state index < -0.39 is 0 Å². The summed E-state index contributed by atoms with van der Waals surface area (Å²) in [6, 6.07) is 8.12. The zero-order valence-electron chi connectivity index (χ0n) is 14.9.